The van der Waals surface area contributed by atoms with E-state index in [4.69, 9.17) is 15.9 Å². The first-order valence-corrected chi connectivity index (χ1v) is 2.93. The molecule has 1 aromatic carbocycles. The molecule has 0 aliphatic rings. The number of phenols is 1. The first-order valence-electron chi connectivity index (χ1n) is 2.93. The summed E-state index contributed by atoms with van der Waals surface area (Å²) >= 11 is 0. The number of hydrogen-bond acceptors (Lipinski definition) is 3. The summed E-state index contributed by atoms with van der Waals surface area (Å²) < 4.78 is 0. The van der Waals surface area contributed by atoms with Crippen molar-refractivity contribution in [1.29, 1.82) is 0 Å². The molecule has 0 spiro atoms. The van der Waals surface area contributed by atoms with Crippen molar-refractivity contribution in [2.45, 2.75) is 0 Å². The van der Waals surface area contributed by atoms with Crippen LogP contribution < -0.4 is 24.6 Å². The summed E-state index contributed by atoms with van der Waals surface area (Å²) in [6.45, 7) is 0. The van der Waals surface area contributed by atoms with Crippen LogP contribution in [0.4, 0.5) is 5.69 Å². The van der Waals surface area contributed by atoms with Crippen LogP contribution in [0.15, 0.2) is 18.2 Å². The van der Waals surface area contributed by atoms with Gasteiger partial charge in [0.15, 0.2) is 0 Å². The van der Waals surface area contributed by atoms with Crippen molar-refractivity contribution in [2.24, 2.45) is 0 Å². The van der Waals surface area contributed by atoms with Crippen molar-refractivity contribution in [3.05, 3.63) is 23.8 Å². The van der Waals surface area contributed by atoms with Gasteiger partial charge < -0.3 is 17.4 Å². The van der Waals surface area contributed by atoms with E-state index >= 15 is 0 Å². The fourth-order valence-corrected chi connectivity index (χ4v) is 0.730. The topological polar surface area (TPSA) is 83.6 Å². The third kappa shape index (κ3) is 2.19. The first kappa shape index (κ1) is 10.9. The van der Waals surface area contributed by atoms with Gasteiger partial charge in [0.2, 0.25) is 0 Å². The average Bonchev–Trinajstić information content (AvgIpc) is 1.85. The molecule has 0 atom stereocenters. The van der Waals surface area contributed by atoms with Gasteiger partial charge in [0.25, 0.3) is 0 Å². The molecule has 4 N–H and O–H groups in total. The third-order valence-corrected chi connectivity index (χ3v) is 1.25. The Hall–Kier alpha value is -1.11. The molecule has 1 aromatic rings. The van der Waals surface area contributed by atoms with Gasteiger partial charge in [-0.1, -0.05) is 0 Å². The number of carbonyl (C=O) groups is 1. The van der Waals surface area contributed by atoms with Crippen LogP contribution in [0.5, 0.6) is 5.75 Å². The van der Waals surface area contributed by atoms with E-state index in [1.54, 1.807) is 0 Å². The second-order valence-electron chi connectivity index (χ2n) is 2.08. The van der Waals surface area contributed by atoms with E-state index in [1.807, 2.05) is 0 Å². The number of aromatic hydroxyl groups is 1. The Bertz CT molecular complexity index is 306. The van der Waals surface area contributed by atoms with Crippen molar-refractivity contribution in [2.75, 3.05) is 5.73 Å². The van der Waals surface area contributed by atoms with E-state index in [9.17, 15) is 4.79 Å². The molecule has 0 heterocycles. The predicted octanol–water partition coefficient (Wildman–Crippen LogP) is -2.21. The molecule has 0 fully saturated rings. The Morgan fingerprint density at radius 1 is 1.50 bits per heavy atom. The van der Waals surface area contributed by atoms with Crippen molar-refractivity contribution in [3.8, 4) is 5.75 Å². The van der Waals surface area contributed by atoms with E-state index in [2.05, 4.69) is 0 Å². The molecule has 0 aliphatic heterocycles. The largest absolute Gasteiger partial charge is 1.00 e. The van der Waals surface area contributed by atoms with Crippen LogP contribution in [-0.2, 0) is 0 Å². The molecule has 0 saturated heterocycles. The van der Waals surface area contributed by atoms with Crippen LogP contribution in [0, 0.1) is 0 Å². The standard InChI is InChI=1S/C7H7NO3.Li.H/c8-4-1-2-5(7(10)11)6(9)3-4;;/h1-3,9H,8H2,(H,10,11);;/q;+1;-1. The number of hydrogen-bond donors (Lipinski definition) is 3. The Balaban J connectivity index is 0. The van der Waals surface area contributed by atoms with Crippen LogP contribution in [0.25, 0.3) is 0 Å². The maximum atomic E-state index is 10.3. The summed E-state index contributed by atoms with van der Waals surface area (Å²) in [5.74, 6) is -1.47. The van der Waals surface area contributed by atoms with Crippen LogP contribution in [-0.4, -0.2) is 16.2 Å². The van der Waals surface area contributed by atoms with Crippen molar-refractivity contribution in [3.63, 3.8) is 0 Å². The molecular weight excluding hydrogens is 153 g/mol. The Kier molecular flexibility index (Phi) is 3.67. The van der Waals surface area contributed by atoms with E-state index in [0.717, 1.165) is 0 Å². The molecule has 60 valence electrons. The van der Waals surface area contributed by atoms with Gasteiger partial charge in [-0.15, -0.1) is 0 Å². The Labute approximate surface area is 82.7 Å². The molecule has 12 heavy (non-hydrogen) atoms. The summed E-state index contributed by atoms with van der Waals surface area (Å²) in [7, 11) is 0. The molecule has 0 radical (unpaired) electrons. The molecule has 0 aromatic heterocycles. The zero-order chi connectivity index (χ0) is 8.43. The number of anilines is 1. The van der Waals surface area contributed by atoms with Crippen LogP contribution >= 0.6 is 0 Å². The third-order valence-electron chi connectivity index (χ3n) is 1.25. The Morgan fingerprint density at radius 2 is 2.08 bits per heavy atom. The van der Waals surface area contributed by atoms with E-state index in [0.29, 0.717) is 5.69 Å². The average molecular weight is 161 g/mol. The zero-order valence-electron chi connectivity index (χ0n) is 7.61. The molecule has 0 aliphatic carbocycles. The minimum Gasteiger partial charge on any atom is -1.00 e. The molecule has 5 heteroatoms. The summed E-state index contributed by atoms with van der Waals surface area (Å²) in [6.07, 6.45) is 0. The second-order valence-corrected chi connectivity index (χ2v) is 2.08. The molecular formula is C7H8LiNO3. The fraction of sp³-hybridized carbons (Fsp3) is 0. The smallest absolute Gasteiger partial charge is 1.00 e. The molecule has 4 nitrogen and oxygen atoms in total. The van der Waals surface area contributed by atoms with Gasteiger partial charge in [0.05, 0.1) is 0 Å². The van der Waals surface area contributed by atoms with Gasteiger partial charge in [0.1, 0.15) is 11.3 Å². The number of benzene rings is 1. The van der Waals surface area contributed by atoms with Crippen molar-refractivity contribution >= 4 is 11.7 Å². The maximum Gasteiger partial charge on any atom is 1.00 e. The molecule has 0 bridgehead atoms. The molecule has 0 unspecified atom stereocenters. The summed E-state index contributed by atoms with van der Waals surface area (Å²) in [4.78, 5) is 10.3. The van der Waals surface area contributed by atoms with Crippen LogP contribution in [0.3, 0.4) is 0 Å². The molecule has 0 amide bonds. The SMILES string of the molecule is Nc1ccc(C(=O)O)c(O)c1.[H-].[Li+]. The van der Waals surface area contributed by atoms with Gasteiger partial charge in [-0.05, 0) is 12.1 Å². The normalized spacial score (nSPS) is 8.67. The van der Waals surface area contributed by atoms with Gasteiger partial charge in [-0.2, -0.15) is 0 Å². The molecule has 0 saturated carbocycles. The summed E-state index contributed by atoms with van der Waals surface area (Å²) in [6, 6.07) is 3.87. The quantitative estimate of drug-likeness (QED) is 0.322. The van der Waals surface area contributed by atoms with Crippen LogP contribution in [0.2, 0.25) is 0 Å². The van der Waals surface area contributed by atoms with Crippen LogP contribution in [0.1, 0.15) is 11.8 Å². The fourth-order valence-electron chi connectivity index (χ4n) is 0.730. The minimum absolute atomic E-state index is 0. The summed E-state index contributed by atoms with van der Waals surface area (Å²) in [5, 5.41) is 17.5. The number of carboxylic acids is 1. The van der Waals surface area contributed by atoms with Crippen molar-refractivity contribution < 1.29 is 35.3 Å². The molecule has 1 rings (SSSR count). The first-order chi connectivity index (χ1) is 5.11. The summed E-state index contributed by atoms with van der Waals surface area (Å²) in [5.41, 5.74) is 5.48. The van der Waals surface area contributed by atoms with E-state index in [1.165, 1.54) is 18.2 Å². The van der Waals surface area contributed by atoms with Gasteiger partial charge in [-0.25, -0.2) is 4.79 Å². The number of rotatable bonds is 1. The van der Waals surface area contributed by atoms with Gasteiger partial charge >= 0.3 is 24.8 Å². The van der Waals surface area contributed by atoms with E-state index in [-0.39, 0.29) is 31.6 Å². The number of carboxylic acid groups (broad SMARTS) is 1. The number of nitrogens with two attached hydrogens (primary N) is 1. The Morgan fingerprint density at radius 3 is 2.50 bits per heavy atom. The maximum absolute atomic E-state index is 10.3. The van der Waals surface area contributed by atoms with Gasteiger partial charge in [0, 0.05) is 11.8 Å². The minimum atomic E-state index is -1.16. The number of aromatic carboxylic acids is 1. The predicted molar refractivity (Wildman–Crippen MR) is 40.6 cm³/mol. The second kappa shape index (κ2) is 4.05. The van der Waals surface area contributed by atoms with Crippen molar-refractivity contribution in [1.82, 2.24) is 0 Å². The monoisotopic (exact) mass is 161 g/mol. The van der Waals surface area contributed by atoms with E-state index < -0.39 is 5.97 Å². The van der Waals surface area contributed by atoms with Gasteiger partial charge in [-0.3, -0.25) is 0 Å². The zero-order valence-corrected chi connectivity index (χ0v) is 6.61. The number of nitrogen functional groups attached to an aromatic ring is 1.